The van der Waals surface area contributed by atoms with E-state index in [-0.39, 0.29) is 0 Å². The molecule has 0 aromatic rings. The van der Waals surface area contributed by atoms with Crippen molar-refractivity contribution in [3.8, 4) is 0 Å². The van der Waals surface area contributed by atoms with Crippen molar-refractivity contribution in [2.24, 2.45) is 0 Å². The molecule has 0 spiro atoms. The first-order valence-corrected chi connectivity index (χ1v) is 11.9. The van der Waals surface area contributed by atoms with Crippen LogP contribution in [0.15, 0.2) is 24.6 Å². The molecule has 0 radical (unpaired) electrons. The summed E-state index contributed by atoms with van der Waals surface area (Å²) in [5.74, 6) is 4.88. The zero-order chi connectivity index (χ0) is 11.6. The Bertz CT molecular complexity index is 245. The summed E-state index contributed by atoms with van der Waals surface area (Å²) >= 11 is -2.04. The van der Waals surface area contributed by atoms with Crippen LogP contribution in [0.3, 0.4) is 0 Å². The van der Waals surface area contributed by atoms with E-state index in [1.54, 1.807) is 0 Å². The summed E-state index contributed by atoms with van der Waals surface area (Å²) in [6, 6.07) is 0. The van der Waals surface area contributed by atoms with Crippen molar-refractivity contribution >= 4 is 13.7 Å². The molecular formula is C12H24GeN2. The van der Waals surface area contributed by atoms with Gasteiger partial charge < -0.3 is 0 Å². The van der Waals surface area contributed by atoms with Gasteiger partial charge >= 0.3 is 97.3 Å². The van der Waals surface area contributed by atoms with Crippen LogP contribution in [-0.2, 0) is 0 Å². The number of nitrogens with zero attached hydrogens (tertiary/aromatic N) is 2. The van der Waals surface area contributed by atoms with Crippen LogP contribution >= 0.6 is 0 Å². The van der Waals surface area contributed by atoms with E-state index in [2.05, 4.69) is 46.2 Å². The van der Waals surface area contributed by atoms with Crippen molar-refractivity contribution in [1.82, 2.24) is 7.71 Å². The Hall–Kier alpha value is -0.377. The number of hydrogen-bond donors (Lipinski definition) is 0. The van der Waals surface area contributed by atoms with Crippen LogP contribution in [0.1, 0.15) is 26.7 Å². The molecule has 0 saturated carbocycles. The average molecular weight is 269 g/mol. The van der Waals surface area contributed by atoms with Crippen LogP contribution in [0.5, 0.6) is 0 Å². The van der Waals surface area contributed by atoms with Crippen molar-refractivity contribution in [1.29, 1.82) is 0 Å². The molecule has 1 rings (SSSR count). The van der Waals surface area contributed by atoms with Gasteiger partial charge in [-0.15, -0.1) is 0 Å². The van der Waals surface area contributed by atoms with Crippen molar-refractivity contribution in [2.45, 2.75) is 38.2 Å². The average Bonchev–Trinajstić information content (AvgIpc) is 2.51. The molecule has 3 heteroatoms. The summed E-state index contributed by atoms with van der Waals surface area (Å²) in [6.45, 7) is 15.1. The van der Waals surface area contributed by atoms with Crippen molar-refractivity contribution in [3.63, 3.8) is 0 Å². The number of allylic oxidation sites excluding steroid dienone is 2. The van der Waals surface area contributed by atoms with E-state index in [1.165, 1.54) is 11.4 Å². The molecule has 15 heavy (non-hydrogen) atoms. The van der Waals surface area contributed by atoms with Crippen LogP contribution in [0.4, 0.5) is 0 Å². The van der Waals surface area contributed by atoms with Crippen molar-refractivity contribution in [3.05, 3.63) is 24.6 Å². The molecule has 1 aliphatic heterocycles. The predicted molar refractivity (Wildman–Crippen MR) is 69.8 cm³/mol. The third-order valence-corrected chi connectivity index (χ3v) is 11.3. The van der Waals surface area contributed by atoms with Gasteiger partial charge in [0.05, 0.1) is 0 Å². The molecule has 0 aromatic heterocycles. The summed E-state index contributed by atoms with van der Waals surface area (Å²) in [6.07, 6.45) is 2.14. The van der Waals surface area contributed by atoms with Crippen molar-refractivity contribution < 1.29 is 0 Å². The molecular weight excluding hydrogens is 245 g/mol. The van der Waals surface area contributed by atoms with Gasteiger partial charge in [-0.2, -0.15) is 0 Å². The maximum absolute atomic E-state index is 4.19. The van der Waals surface area contributed by atoms with Gasteiger partial charge in [0.25, 0.3) is 0 Å². The Kier molecular flexibility index (Phi) is 3.93. The Morgan fingerprint density at radius 2 is 1.33 bits per heavy atom. The fourth-order valence-electron chi connectivity index (χ4n) is 2.36. The summed E-state index contributed by atoms with van der Waals surface area (Å²) in [4.78, 5) is 0. The van der Waals surface area contributed by atoms with Gasteiger partial charge in [0.2, 0.25) is 0 Å². The molecule has 0 aromatic carbocycles. The minimum atomic E-state index is -2.04. The SMILES string of the molecule is C=C(CC)[N]1CC[N](C(=C)CC)[Ge]1([CH3])[CH3]. The zero-order valence-electron chi connectivity index (χ0n) is 10.6. The van der Waals surface area contributed by atoms with Gasteiger partial charge in [-0.1, -0.05) is 0 Å². The van der Waals surface area contributed by atoms with Gasteiger partial charge in [-0.05, 0) is 0 Å². The van der Waals surface area contributed by atoms with Crippen LogP contribution in [0.25, 0.3) is 0 Å². The molecule has 0 N–H and O–H groups in total. The predicted octanol–water partition coefficient (Wildman–Crippen LogP) is 3.15. The van der Waals surface area contributed by atoms with E-state index in [0.717, 1.165) is 25.9 Å². The molecule has 0 aliphatic carbocycles. The van der Waals surface area contributed by atoms with Crippen LogP contribution in [0, 0.1) is 0 Å². The van der Waals surface area contributed by atoms with E-state index < -0.39 is 13.7 Å². The van der Waals surface area contributed by atoms with Gasteiger partial charge in [-0.25, -0.2) is 0 Å². The number of rotatable bonds is 4. The molecule has 1 heterocycles. The molecule has 1 aliphatic rings. The molecule has 1 saturated heterocycles. The second-order valence-corrected chi connectivity index (χ2v) is 13.2. The third kappa shape index (κ3) is 2.25. The van der Waals surface area contributed by atoms with Crippen LogP contribution in [-0.4, -0.2) is 34.5 Å². The monoisotopic (exact) mass is 270 g/mol. The third-order valence-electron chi connectivity index (χ3n) is 3.45. The first-order valence-electron chi connectivity index (χ1n) is 5.86. The first-order chi connectivity index (χ1) is 6.95. The van der Waals surface area contributed by atoms with E-state index in [0.29, 0.717) is 0 Å². The minimum absolute atomic E-state index is 1.07. The Morgan fingerprint density at radius 1 is 1.00 bits per heavy atom. The van der Waals surface area contributed by atoms with Gasteiger partial charge in [0.1, 0.15) is 0 Å². The Morgan fingerprint density at radius 3 is 1.60 bits per heavy atom. The van der Waals surface area contributed by atoms with E-state index in [9.17, 15) is 0 Å². The quantitative estimate of drug-likeness (QED) is 0.723. The normalized spacial score (nSPS) is 19.5. The second kappa shape index (κ2) is 4.64. The topological polar surface area (TPSA) is 6.48 Å². The second-order valence-electron chi connectivity index (χ2n) is 4.64. The molecule has 0 bridgehead atoms. The summed E-state index contributed by atoms with van der Waals surface area (Å²) < 4.78 is 5.17. The van der Waals surface area contributed by atoms with Crippen molar-refractivity contribution in [2.75, 3.05) is 13.1 Å². The van der Waals surface area contributed by atoms with Gasteiger partial charge in [0.15, 0.2) is 0 Å². The summed E-state index contributed by atoms with van der Waals surface area (Å²) in [5.41, 5.74) is 2.62. The van der Waals surface area contributed by atoms with Gasteiger partial charge in [0, 0.05) is 0 Å². The molecule has 0 amide bonds. The van der Waals surface area contributed by atoms with Crippen LogP contribution in [0.2, 0.25) is 11.5 Å². The summed E-state index contributed by atoms with van der Waals surface area (Å²) in [5, 5.41) is 0. The standard InChI is InChI=1S/C12H24GeN2/c1-7-11(3)14-9-10-15(12(4)8-2)13(14,5)6/h3-4,7-10H2,1-2,5-6H3. The molecule has 0 unspecified atom stereocenters. The number of hydrogen-bond acceptors (Lipinski definition) is 2. The molecule has 86 valence electrons. The van der Waals surface area contributed by atoms with E-state index >= 15 is 0 Å². The summed E-state index contributed by atoms with van der Waals surface area (Å²) in [7, 11) is 0. The first kappa shape index (κ1) is 12.7. The van der Waals surface area contributed by atoms with E-state index in [1.807, 2.05) is 0 Å². The van der Waals surface area contributed by atoms with Gasteiger partial charge in [-0.3, -0.25) is 0 Å². The maximum atomic E-state index is 4.19. The fourth-order valence-corrected chi connectivity index (χ4v) is 9.60. The molecule has 1 fully saturated rings. The Balaban J connectivity index is 2.84. The van der Waals surface area contributed by atoms with Crippen LogP contribution < -0.4 is 0 Å². The fraction of sp³-hybridized carbons (Fsp3) is 0.667. The Labute approximate surface area is 97.4 Å². The molecule has 2 nitrogen and oxygen atoms in total. The zero-order valence-corrected chi connectivity index (χ0v) is 12.7. The molecule has 0 atom stereocenters. The van der Waals surface area contributed by atoms with E-state index in [4.69, 9.17) is 0 Å².